The summed E-state index contributed by atoms with van der Waals surface area (Å²) in [7, 11) is 0. The van der Waals surface area contributed by atoms with Crippen LogP contribution in [0, 0.1) is 0 Å². The van der Waals surface area contributed by atoms with E-state index >= 15 is 0 Å². The number of ether oxygens (including phenoxy) is 2. The Bertz CT molecular complexity index is 749. The molecule has 0 saturated heterocycles. The van der Waals surface area contributed by atoms with E-state index in [9.17, 15) is 4.79 Å². The van der Waals surface area contributed by atoms with Gasteiger partial charge in [0, 0.05) is 4.91 Å². The first-order valence-corrected chi connectivity index (χ1v) is 7.43. The molecule has 0 unspecified atom stereocenters. The fraction of sp³-hybridized carbons (Fsp3) is 0.167. The van der Waals surface area contributed by atoms with Gasteiger partial charge in [-0.1, -0.05) is 47.6 Å². The van der Waals surface area contributed by atoms with Crippen LogP contribution in [-0.4, -0.2) is 12.6 Å². The molecule has 0 bridgehead atoms. The van der Waals surface area contributed by atoms with Crippen molar-refractivity contribution in [3.63, 3.8) is 0 Å². The summed E-state index contributed by atoms with van der Waals surface area (Å²) in [6.07, 6.45) is 1.47. The van der Waals surface area contributed by atoms with Crippen molar-refractivity contribution in [2.75, 3.05) is 6.61 Å². The second-order valence-electron chi connectivity index (χ2n) is 4.78. The van der Waals surface area contributed by atoms with Gasteiger partial charge in [0.2, 0.25) is 0 Å². The molecular formula is C18H17N3O3. The SMILES string of the molecule is CCOC(=O)/C(=C/c1ccc(OCc2ccccc2)cc1)N=[N+]=[N-]. The van der Waals surface area contributed by atoms with Crippen LogP contribution in [0.2, 0.25) is 0 Å². The minimum absolute atomic E-state index is 0.0858. The Morgan fingerprint density at radius 2 is 1.88 bits per heavy atom. The number of carbonyl (C=O) groups is 1. The molecule has 0 aromatic heterocycles. The first kappa shape index (κ1) is 17.1. The number of esters is 1. The highest BCUT2D eigenvalue weighted by atomic mass is 16.5. The van der Waals surface area contributed by atoms with E-state index in [0.717, 1.165) is 5.56 Å². The van der Waals surface area contributed by atoms with Crippen molar-refractivity contribution in [3.8, 4) is 5.75 Å². The van der Waals surface area contributed by atoms with Gasteiger partial charge in [0.15, 0.2) is 0 Å². The lowest BCUT2D eigenvalue weighted by Gasteiger charge is -2.06. The van der Waals surface area contributed by atoms with Gasteiger partial charge in [0.1, 0.15) is 18.1 Å². The molecule has 0 aliphatic rings. The molecule has 0 N–H and O–H groups in total. The minimum atomic E-state index is -0.653. The van der Waals surface area contributed by atoms with Crippen LogP contribution >= 0.6 is 0 Å². The van der Waals surface area contributed by atoms with Gasteiger partial charge in [0.25, 0.3) is 0 Å². The number of benzene rings is 2. The Balaban J connectivity index is 2.05. The van der Waals surface area contributed by atoms with Gasteiger partial charge in [-0.3, -0.25) is 0 Å². The monoisotopic (exact) mass is 323 g/mol. The number of azide groups is 1. The Kier molecular flexibility index (Phi) is 6.44. The molecule has 6 nitrogen and oxygen atoms in total. The van der Waals surface area contributed by atoms with E-state index in [2.05, 4.69) is 10.0 Å². The molecule has 2 aromatic rings. The average Bonchev–Trinajstić information content (AvgIpc) is 2.62. The number of nitrogens with zero attached hydrogens (tertiary/aromatic N) is 3. The summed E-state index contributed by atoms with van der Waals surface area (Å²) < 4.78 is 10.5. The van der Waals surface area contributed by atoms with E-state index in [4.69, 9.17) is 15.0 Å². The minimum Gasteiger partial charge on any atom is -0.489 e. The molecule has 0 aliphatic heterocycles. The smallest absolute Gasteiger partial charge is 0.340 e. The van der Waals surface area contributed by atoms with Crippen molar-refractivity contribution in [2.45, 2.75) is 13.5 Å². The zero-order valence-corrected chi connectivity index (χ0v) is 13.3. The summed E-state index contributed by atoms with van der Waals surface area (Å²) in [6, 6.07) is 17.0. The van der Waals surface area contributed by atoms with Crippen molar-refractivity contribution >= 4 is 12.0 Å². The van der Waals surface area contributed by atoms with Gasteiger partial charge >= 0.3 is 5.97 Å². The van der Waals surface area contributed by atoms with Crippen LogP contribution in [0.3, 0.4) is 0 Å². The van der Waals surface area contributed by atoms with Crippen LogP contribution in [0.25, 0.3) is 16.5 Å². The van der Waals surface area contributed by atoms with E-state index < -0.39 is 5.97 Å². The molecule has 24 heavy (non-hydrogen) atoms. The summed E-state index contributed by atoms with van der Waals surface area (Å²) in [5.74, 6) is 0.0529. The number of rotatable bonds is 7. The van der Waals surface area contributed by atoms with Crippen molar-refractivity contribution in [1.29, 1.82) is 0 Å². The average molecular weight is 323 g/mol. The summed E-state index contributed by atoms with van der Waals surface area (Å²) in [5.41, 5.74) is 10.2. The van der Waals surface area contributed by atoms with Gasteiger partial charge in [-0.2, -0.15) is 0 Å². The largest absolute Gasteiger partial charge is 0.489 e. The second-order valence-corrected chi connectivity index (χ2v) is 4.78. The quantitative estimate of drug-likeness (QED) is 0.247. The van der Waals surface area contributed by atoms with Crippen molar-refractivity contribution < 1.29 is 14.3 Å². The summed E-state index contributed by atoms with van der Waals surface area (Å²) >= 11 is 0. The zero-order valence-electron chi connectivity index (χ0n) is 13.3. The highest BCUT2D eigenvalue weighted by Crippen LogP contribution is 2.17. The van der Waals surface area contributed by atoms with Crippen molar-refractivity contribution in [1.82, 2.24) is 0 Å². The molecule has 0 saturated carbocycles. The molecule has 2 aromatic carbocycles. The van der Waals surface area contributed by atoms with Crippen LogP contribution in [0.4, 0.5) is 0 Å². The first-order valence-electron chi connectivity index (χ1n) is 7.43. The van der Waals surface area contributed by atoms with Crippen LogP contribution in [0.15, 0.2) is 65.4 Å². The second kappa shape index (κ2) is 9.02. The third-order valence-electron chi connectivity index (χ3n) is 3.07. The molecule has 0 fully saturated rings. The Morgan fingerprint density at radius 3 is 2.50 bits per heavy atom. The molecule has 2 rings (SSSR count). The van der Waals surface area contributed by atoms with Gasteiger partial charge in [-0.15, -0.1) is 0 Å². The predicted molar refractivity (Wildman–Crippen MR) is 91.0 cm³/mol. The maximum atomic E-state index is 11.7. The molecule has 0 heterocycles. The Hall–Kier alpha value is -3.24. The van der Waals surface area contributed by atoms with Crippen LogP contribution < -0.4 is 4.74 Å². The molecule has 6 heteroatoms. The van der Waals surface area contributed by atoms with Crippen LogP contribution in [0.1, 0.15) is 18.1 Å². The molecule has 0 amide bonds. The van der Waals surface area contributed by atoms with E-state index in [1.165, 1.54) is 6.08 Å². The number of hydrogen-bond donors (Lipinski definition) is 0. The van der Waals surface area contributed by atoms with Gasteiger partial charge in [-0.25, -0.2) is 4.79 Å². The third kappa shape index (κ3) is 5.19. The zero-order chi connectivity index (χ0) is 17.2. The summed E-state index contributed by atoms with van der Waals surface area (Å²) in [6.45, 7) is 2.37. The lowest BCUT2D eigenvalue weighted by Crippen LogP contribution is -2.05. The van der Waals surface area contributed by atoms with E-state index in [-0.39, 0.29) is 12.3 Å². The van der Waals surface area contributed by atoms with E-state index in [1.54, 1.807) is 31.2 Å². The summed E-state index contributed by atoms with van der Waals surface area (Å²) in [5, 5.41) is 3.37. The fourth-order valence-corrected chi connectivity index (χ4v) is 1.94. The molecule has 0 radical (unpaired) electrons. The maximum Gasteiger partial charge on any atom is 0.340 e. The van der Waals surface area contributed by atoms with Crippen molar-refractivity contribution in [2.24, 2.45) is 5.11 Å². The normalized spacial score (nSPS) is 10.6. The maximum absolute atomic E-state index is 11.7. The summed E-state index contributed by atoms with van der Waals surface area (Å²) in [4.78, 5) is 14.3. The predicted octanol–water partition coefficient (Wildman–Crippen LogP) is 4.48. The fourth-order valence-electron chi connectivity index (χ4n) is 1.94. The van der Waals surface area contributed by atoms with E-state index in [0.29, 0.717) is 17.9 Å². The van der Waals surface area contributed by atoms with Crippen LogP contribution in [-0.2, 0) is 16.1 Å². The number of carbonyl (C=O) groups excluding carboxylic acids is 1. The van der Waals surface area contributed by atoms with Gasteiger partial charge in [0.05, 0.1) is 6.61 Å². The molecule has 122 valence electrons. The lowest BCUT2D eigenvalue weighted by molar-refractivity contribution is -0.138. The Morgan fingerprint density at radius 1 is 1.17 bits per heavy atom. The topological polar surface area (TPSA) is 84.3 Å². The lowest BCUT2D eigenvalue weighted by atomic mass is 10.2. The molecular weight excluding hydrogens is 306 g/mol. The first-order chi connectivity index (χ1) is 11.7. The molecule has 0 spiro atoms. The standard InChI is InChI=1S/C18H17N3O3/c1-2-23-18(22)17(20-21-19)12-14-8-10-16(11-9-14)24-13-15-6-4-3-5-7-15/h3-12H,2,13H2,1H3/b17-12-. The van der Waals surface area contributed by atoms with Crippen LogP contribution in [0.5, 0.6) is 5.75 Å². The van der Waals surface area contributed by atoms with Gasteiger partial charge in [-0.05, 0) is 41.8 Å². The highest BCUT2D eigenvalue weighted by molar-refractivity contribution is 5.93. The molecule has 0 aliphatic carbocycles. The van der Waals surface area contributed by atoms with Gasteiger partial charge < -0.3 is 9.47 Å². The third-order valence-corrected chi connectivity index (χ3v) is 3.07. The number of hydrogen-bond acceptors (Lipinski definition) is 4. The van der Waals surface area contributed by atoms with Crippen molar-refractivity contribution in [3.05, 3.63) is 81.9 Å². The Labute approximate surface area is 140 Å². The highest BCUT2D eigenvalue weighted by Gasteiger charge is 2.08. The van der Waals surface area contributed by atoms with E-state index in [1.807, 2.05) is 30.3 Å². The molecule has 0 atom stereocenters.